The molecule has 0 saturated heterocycles. The minimum absolute atomic E-state index is 0.00830. The quantitative estimate of drug-likeness (QED) is 0.256. The number of sulfonamides is 1. The number of nitrogens with zero attached hydrogens (tertiary/aromatic N) is 2. The molecule has 0 radical (unpaired) electrons. The standard InChI is InChI=1S/C30H35Cl2N3O5S/c1-5-21(3)33-30(37)22(4)34(19-23-16-17-24(31)18-26(23)32)29(36)20-35(27-14-10-11-15-28(27)40-6-2)41(38,39)25-12-8-7-9-13-25/h7-18,21-22H,5-6,19-20H2,1-4H3,(H,33,37)/t21-,22-/m1/s1. The van der Waals surface area contributed by atoms with Crippen molar-refractivity contribution in [3.63, 3.8) is 0 Å². The summed E-state index contributed by atoms with van der Waals surface area (Å²) in [6.07, 6.45) is 0.701. The number of carbonyl (C=O) groups excluding carboxylic acids is 2. The molecule has 0 unspecified atom stereocenters. The highest BCUT2D eigenvalue weighted by molar-refractivity contribution is 7.92. The fourth-order valence-corrected chi connectivity index (χ4v) is 5.97. The minimum atomic E-state index is -4.22. The summed E-state index contributed by atoms with van der Waals surface area (Å²) >= 11 is 12.5. The van der Waals surface area contributed by atoms with Gasteiger partial charge in [0, 0.05) is 22.6 Å². The number of rotatable bonds is 13. The lowest BCUT2D eigenvalue weighted by Gasteiger charge is -2.33. The SMILES string of the molecule is CCOc1ccccc1N(CC(=O)N(Cc1ccc(Cl)cc1Cl)[C@H](C)C(=O)N[C@H](C)CC)S(=O)(=O)c1ccccc1. The highest BCUT2D eigenvalue weighted by Crippen LogP contribution is 2.33. The predicted octanol–water partition coefficient (Wildman–Crippen LogP) is 5.92. The number of nitrogens with one attached hydrogen (secondary N) is 1. The Bertz CT molecular complexity index is 1450. The van der Waals surface area contributed by atoms with E-state index in [1.54, 1.807) is 74.5 Å². The third-order valence-corrected chi connectivity index (χ3v) is 8.93. The molecule has 0 saturated carbocycles. The first kappa shape index (κ1) is 32.2. The normalized spacial score (nSPS) is 12.7. The summed E-state index contributed by atoms with van der Waals surface area (Å²) in [7, 11) is -4.22. The first-order valence-corrected chi connectivity index (χ1v) is 15.5. The number of anilines is 1. The van der Waals surface area contributed by atoms with Crippen LogP contribution >= 0.6 is 23.2 Å². The molecule has 220 valence electrons. The van der Waals surface area contributed by atoms with Crippen LogP contribution in [0.1, 0.15) is 39.7 Å². The van der Waals surface area contributed by atoms with Crippen LogP contribution in [0, 0.1) is 0 Å². The van der Waals surface area contributed by atoms with E-state index >= 15 is 0 Å². The van der Waals surface area contributed by atoms with Gasteiger partial charge >= 0.3 is 0 Å². The van der Waals surface area contributed by atoms with Gasteiger partial charge in [-0.25, -0.2) is 8.42 Å². The summed E-state index contributed by atoms with van der Waals surface area (Å²) in [5.74, 6) is -0.671. The molecule has 11 heteroatoms. The van der Waals surface area contributed by atoms with Crippen LogP contribution in [0.3, 0.4) is 0 Å². The molecule has 0 bridgehead atoms. The van der Waals surface area contributed by atoms with Gasteiger partial charge in [-0.05, 0) is 69.2 Å². The van der Waals surface area contributed by atoms with E-state index in [0.29, 0.717) is 27.8 Å². The predicted molar refractivity (Wildman–Crippen MR) is 163 cm³/mol. The van der Waals surface area contributed by atoms with E-state index in [-0.39, 0.29) is 35.7 Å². The zero-order valence-electron chi connectivity index (χ0n) is 23.5. The van der Waals surface area contributed by atoms with E-state index in [9.17, 15) is 18.0 Å². The molecule has 8 nitrogen and oxygen atoms in total. The van der Waals surface area contributed by atoms with E-state index in [1.165, 1.54) is 17.0 Å². The molecule has 0 heterocycles. The molecule has 2 amide bonds. The van der Waals surface area contributed by atoms with Crippen molar-refractivity contribution < 1.29 is 22.7 Å². The first-order chi connectivity index (χ1) is 19.5. The maximum absolute atomic E-state index is 14.1. The van der Waals surface area contributed by atoms with Gasteiger partial charge in [-0.15, -0.1) is 0 Å². The average Bonchev–Trinajstić information content (AvgIpc) is 2.96. The topological polar surface area (TPSA) is 96.0 Å². The maximum Gasteiger partial charge on any atom is 0.264 e. The zero-order valence-corrected chi connectivity index (χ0v) is 25.8. The highest BCUT2D eigenvalue weighted by Gasteiger charge is 2.34. The molecule has 0 aliphatic carbocycles. The van der Waals surface area contributed by atoms with E-state index in [1.807, 2.05) is 13.8 Å². The van der Waals surface area contributed by atoms with Crippen LogP contribution in [0.15, 0.2) is 77.7 Å². The van der Waals surface area contributed by atoms with Crippen LogP contribution in [-0.4, -0.2) is 50.4 Å². The van der Waals surface area contributed by atoms with E-state index in [0.717, 1.165) is 4.31 Å². The summed E-state index contributed by atoms with van der Waals surface area (Å²) in [5, 5.41) is 3.65. The molecule has 1 N–H and O–H groups in total. The van der Waals surface area contributed by atoms with Gasteiger partial charge in [0.15, 0.2) is 0 Å². The van der Waals surface area contributed by atoms with Crippen molar-refractivity contribution in [2.75, 3.05) is 17.5 Å². The second kappa shape index (κ2) is 14.6. The van der Waals surface area contributed by atoms with Gasteiger partial charge in [-0.2, -0.15) is 0 Å². The highest BCUT2D eigenvalue weighted by atomic mass is 35.5. The van der Waals surface area contributed by atoms with E-state index in [4.69, 9.17) is 27.9 Å². The molecule has 41 heavy (non-hydrogen) atoms. The molecular formula is C30H35Cl2N3O5S. The summed E-state index contributed by atoms with van der Waals surface area (Å²) in [5.41, 5.74) is 0.757. The number of para-hydroxylation sites is 2. The summed E-state index contributed by atoms with van der Waals surface area (Å²) < 4.78 is 34.7. The molecule has 0 fully saturated rings. The van der Waals surface area contributed by atoms with Crippen LogP contribution < -0.4 is 14.4 Å². The van der Waals surface area contributed by atoms with Crippen LogP contribution in [0.2, 0.25) is 10.0 Å². The van der Waals surface area contributed by atoms with Crippen molar-refractivity contribution in [1.29, 1.82) is 0 Å². The van der Waals surface area contributed by atoms with Crippen molar-refractivity contribution in [3.8, 4) is 5.75 Å². The van der Waals surface area contributed by atoms with E-state index < -0.39 is 28.5 Å². The summed E-state index contributed by atoms with van der Waals surface area (Å²) in [6, 6.07) is 18.3. The monoisotopic (exact) mass is 619 g/mol. The first-order valence-electron chi connectivity index (χ1n) is 13.3. The number of halogens is 2. The molecule has 3 aromatic rings. The van der Waals surface area contributed by atoms with Gasteiger partial charge < -0.3 is 15.0 Å². The Kier molecular flexibility index (Phi) is 11.5. The number of hydrogen-bond donors (Lipinski definition) is 1. The van der Waals surface area contributed by atoms with Crippen LogP contribution in [0.25, 0.3) is 0 Å². The van der Waals surface area contributed by atoms with Gasteiger partial charge in [0.2, 0.25) is 11.8 Å². The van der Waals surface area contributed by atoms with Crippen LogP contribution in [-0.2, 0) is 26.2 Å². The fraction of sp³-hybridized carbons (Fsp3) is 0.333. The molecule has 0 aliphatic heterocycles. The van der Waals surface area contributed by atoms with Crippen LogP contribution in [0.5, 0.6) is 5.75 Å². The lowest BCUT2D eigenvalue weighted by molar-refractivity contribution is -0.139. The number of carbonyl (C=O) groups is 2. The fourth-order valence-electron chi connectivity index (χ4n) is 4.06. The zero-order chi connectivity index (χ0) is 30.2. The molecule has 3 aromatic carbocycles. The lowest BCUT2D eigenvalue weighted by atomic mass is 10.1. The largest absolute Gasteiger partial charge is 0.492 e. The third-order valence-electron chi connectivity index (χ3n) is 6.57. The van der Waals surface area contributed by atoms with Gasteiger partial charge in [0.05, 0.1) is 17.2 Å². The summed E-state index contributed by atoms with van der Waals surface area (Å²) in [6.45, 7) is 6.85. The van der Waals surface area contributed by atoms with Gasteiger partial charge in [0.25, 0.3) is 10.0 Å². The average molecular weight is 621 g/mol. The Labute approximate surface area is 252 Å². The van der Waals surface area contributed by atoms with Crippen LogP contribution in [0.4, 0.5) is 5.69 Å². The molecule has 3 rings (SSSR count). The molecular weight excluding hydrogens is 585 g/mol. The molecule has 0 aliphatic rings. The number of hydrogen-bond acceptors (Lipinski definition) is 5. The maximum atomic E-state index is 14.1. The van der Waals surface area contributed by atoms with Crippen molar-refractivity contribution in [2.45, 2.75) is 57.6 Å². The van der Waals surface area contributed by atoms with Crippen molar-refractivity contribution in [1.82, 2.24) is 10.2 Å². The van der Waals surface area contributed by atoms with Gasteiger partial charge in [-0.1, -0.05) is 66.5 Å². The molecule has 0 aromatic heterocycles. The Balaban J connectivity index is 2.08. The molecule has 0 spiro atoms. The third kappa shape index (κ3) is 8.15. The summed E-state index contributed by atoms with van der Waals surface area (Å²) in [4.78, 5) is 28.6. The van der Waals surface area contributed by atoms with Gasteiger partial charge in [0.1, 0.15) is 18.3 Å². The smallest absolute Gasteiger partial charge is 0.264 e. The minimum Gasteiger partial charge on any atom is -0.492 e. The Hall–Kier alpha value is -3.27. The number of amides is 2. The second-order valence-corrected chi connectivity index (χ2v) is 12.2. The Morgan fingerprint density at radius 2 is 1.61 bits per heavy atom. The lowest BCUT2D eigenvalue weighted by Crippen LogP contribution is -2.52. The number of ether oxygens (including phenoxy) is 1. The van der Waals surface area contributed by atoms with Crippen molar-refractivity contribution in [2.24, 2.45) is 0 Å². The Morgan fingerprint density at radius 3 is 2.24 bits per heavy atom. The van der Waals surface area contributed by atoms with Crippen molar-refractivity contribution in [3.05, 3.63) is 88.4 Å². The van der Waals surface area contributed by atoms with Gasteiger partial charge in [-0.3, -0.25) is 13.9 Å². The second-order valence-electron chi connectivity index (χ2n) is 9.48. The number of benzene rings is 3. The Morgan fingerprint density at radius 1 is 0.951 bits per heavy atom. The van der Waals surface area contributed by atoms with Crippen molar-refractivity contribution >= 4 is 50.7 Å². The van der Waals surface area contributed by atoms with E-state index in [2.05, 4.69) is 5.32 Å². The molecule has 2 atom stereocenters.